The van der Waals surface area contributed by atoms with Crippen LogP contribution in [0.3, 0.4) is 0 Å². The molecule has 1 aliphatic rings. The summed E-state index contributed by atoms with van der Waals surface area (Å²) in [5.41, 5.74) is -0.376. The van der Waals surface area contributed by atoms with Gasteiger partial charge in [-0.25, -0.2) is 4.79 Å². The lowest BCUT2D eigenvalue weighted by molar-refractivity contribution is -0.271. The average molecular weight is 444 g/mol. The number of benzene rings is 1. The first kappa shape index (κ1) is 22.7. The Balaban J connectivity index is 1.92. The van der Waals surface area contributed by atoms with Gasteiger partial charge in [0.1, 0.15) is 24.0 Å². The molecule has 1 unspecified atom stereocenters. The summed E-state index contributed by atoms with van der Waals surface area (Å²) in [4.78, 5) is 11.2. The molecule has 1 aromatic heterocycles. The summed E-state index contributed by atoms with van der Waals surface area (Å²) in [6.45, 7) is 3.60. The minimum absolute atomic E-state index is 0.269. The third-order valence-corrected chi connectivity index (χ3v) is 4.75. The van der Waals surface area contributed by atoms with Crippen molar-refractivity contribution in [1.82, 2.24) is 10.2 Å². The molecule has 0 radical (unpaired) electrons. The molecular weight excluding hydrogens is 425 g/mol. The van der Waals surface area contributed by atoms with Crippen molar-refractivity contribution in [3.05, 3.63) is 53.2 Å². The van der Waals surface area contributed by atoms with E-state index in [0.717, 1.165) is 5.56 Å². The first-order chi connectivity index (χ1) is 14.5. The van der Waals surface area contributed by atoms with Crippen LogP contribution >= 0.6 is 0 Å². The van der Waals surface area contributed by atoms with Gasteiger partial charge in [0, 0.05) is 6.42 Å². The van der Waals surface area contributed by atoms with Gasteiger partial charge >= 0.3 is 12.1 Å². The Hall–Kier alpha value is -2.93. The van der Waals surface area contributed by atoms with E-state index in [1.165, 1.54) is 0 Å². The van der Waals surface area contributed by atoms with Crippen LogP contribution in [0.25, 0.3) is 6.08 Å². The lowest BCUT2D eigenvalue weighted by Gasteiger charge is -2.38. The number of nitrogens with zero attached hydrogens (tertiary/aromatic N) is 1. The van der Waals surface area contributed by atoms with Gasteiger partial charge in [-0.05, 0) is 11.1 Å². The number of halogens is 3. The molecule has 9 nitrogen and oxygen atoms in total. The third kappa shape index (κ3) is 4.71. The Morgan fingerprint density at radius 2 is 1.84 bits per heavy atom. The second-order valence-corrected chi connectivity index (χ2v) is 6.86. The summed E-state index contributed by atoms with van der Waals surface area (Å²) in [5, 5.41) is 44.0. The van der Waals surface area contributed by atoms with Crippen molar-refractivity contribution in [3.63, 3.8) is 0 Å². The lowest BCUT2D eigenvalue weighted by atomic mass is 9.99. The number of carboxylic acid groups (broad SMARTS) is 1. The van der Waals surface area contributed by atoms with E-state index in [1.54, 1.807) is 30.3 Å². The number of hydrogen-bond donors (Lipinski definition) is 5. The molecule has 5 atom stereocenters. The Morgan fingerprint density at radius 1 is 1.19 bits per heavy atom. The Morgan fingerprint density at radius 3 is 2.39 bits per heavy atom. The molecule has 1 fully saturated rings. The molecular formula is C19H19F3N2O7. The van der Waals surface area contributed by atoms with E-state index in [1.807, 2.05) is 5.10 Å². The zero-order valence-corrected chi connectivity index (χ0v) is 15.8. The summed E-state index contributed by atoms with van der Waals surface area (Å²) in [6, 6.07) is 6.47. The van der Waals surface area contributed by atoms with Gasteiger partial charge in [-0.1, -0.05) is 36.9 Å². The standard InChI is InChI=1S/C19H19F3N2O7/c1-2-8-3-5-9(6-4-8)7-10-15(19(20,21)22)23-24-16(10)31-18-13(27)11(25)12(26)14(30-18)17(28)29/h2-6,11-14,18,25-27H,1,7H2,(H,23,24)(H,28,29)/t11-,12-,13+,14-,18?/m0/s1. The summed E-state index contributed by atoms with van der Waals surface area (Å²) >= 11 is 0. The fourth-order valence-corrected chi connectivity index (χ4v) is 3.08. The fraction of sp³-hybridized carbons (Fsp3) is 0.368. The number of aromatic amines is 1. The maximum Gasteiger partial charge on any atom is 0.433 e. The van der Waals surface area contributed by atoms with Gasteiger partial charge in [-0.15, -0.1) is 5.10 Å². The molecule has 31 heavy (non-hydrogen) atoms. The van der Waals surface area contributed by atoms with Crippen molar-refractivity contribution < 1.29 is 47.9 Å². The minimum Gasteiger partial charge on any atom is -0.479 e. The molecule has 0 bridgehead atoms. The molecule has 12 heteroatoms. The summed E-state index contributed by atoms with van der Waals surface area (Å²) < 4.78 is 50.5. The van der Waals surface area contributed by atoms with Gasteiger partial charge < -0.3 is 29.9 Å². The zero-order valence-electron chi connectivity index (χ0n) is 15.8. The van der Waals surface area contributed by atoms with Crippen LogP contribution in [-0.2, 0) is 22.1 Å². The predicted octanol–water partition coefficient (Wildman–Crippen LogP) is 0.933. The molecule has 0 saturated carbocycles. The van der Waals surface area contributed by atoms with E-state index in [0.29, 0.717) is 5.56 Å². The number of aliphatic carboxylic acids is 1. The number of aliphatic hydroxyl groups is 3. The largest absolute Gasteiger partial charge is 0.479 e. The van der Waals surface area contributed by atoms with E-state index < -0.39 is 60.0 Å². The zero-order chi connectivity index (χ0) is 22.9. The number of carboxylic acids is 1. The predicted molar refractivity (Wildman–Crippen MR) is 97.9 cm³/mol. The van der Waals surface area contributed by atoms with Crippen LogP contribution in [0.2, 0.25) is 0 Å². The highest BCUT2D eigenvalue weighted by Gasteiger charge is 2.49. The fourth-order valence-electron chi connectivity index (χ4n) is 3.08. The lowest BCUT2D eigenvalue weighted by Crippen LogP contribution is -2.61. The van der Waals surface area contributed by atoms with E-state index in [9.17, 15) is 33.3 Å². The topological polar surface area (TPSA) is 145 Å². The molecule has 2 aromatic rings. The van der Waals surface area contributed by atoms with Gasteiger partial charge in [0.15, 0.2) is 6.10 Å². The molecule has 1 aromatic carbocycles. The van der Waals surface area contributed by atoms with Crippen LogP contribution < -0.4 is 4.74 Å². The van der Waals surface area contributed by atoms with Gasteiger partial charge in [0.05, 0.1) is 5.56 Å². The highest BCUT2D eigenvalue weighted by molar-refractivity contribution is 5.73. The normalized spacial score (nSPS) is 26.5. The van der Waals surface area contributed by atoms with Crippen molar-refractivity contribution >= 4 is 12.0 Å². The van der Waals surface area contributed by atoms with Crippen LogP contribution in [-0.4, -0.2) is 67.3 Å². The number of nitrogens with one attached hydrogen (secondary N) is 1. The first-order valence-corrected chi connectivity index (χ1v) is 8.98. The number of ether oxygens (including phenoxy) is 2. The van der Waals surface area contributed by atoms with E-state index in [2.05, 4.69) is 11.7 Å². The van der Waals surface area contributed by atoms with Crippen molar-refractivity contribution in [2.24, 2.45) is 0 Å². The highest BCUT2D eigenvalue weighted by atomic mass is 19.4. The van der Waals surface area contributed by atoms with Crippen molar-refractivity contribution in [3.8, 4) is 5.88 Å². The van der Waals surface area contributed by atoms with Crippen LogP contribution in [0.15, 0.2) is 30.8 Å². The number of alkyl halides is 3. The summed E-state index contributed by atoms with van der Waals surface area (Å²) in [5.74, 6) is -2.26. The maximum absolute atomic E-state index is 13.4. The number of hydrogen-bond acceptors (Lipinski definition) is 7. The van der Waals surface area contributed by atoms with Gasteiger partial charge in [0.2, 0.25) is 12.2 Å². The number of rotatable bonds is 6. The molecule has 5 N–H and O–H groups in total. The minimum atomic E-state index is -4.81. The number of H-pyrrole nitrogens is 1. The average Bonchev–Trinajstić information content (AvgIpc) is 3.11. The van der Waals surface area contributed by atoms with Gasteiger partial charge in [0.25, 0.3) is 0 Å². The Kier molecular flexibility index (Phi) is 6.36. The van der Waals surface area contributed by atoms with Crippen LogP contribution in [0.5, 0.6) is 5.88 Å². The van der Waals surface area contributed by atoms with Gasteiger partial charge in [-0.3, -0.25) is 5.10 Å². The molecule has 0 amide bonds. The monoisotopic (exact) mass is 444 g/mol. The quantitative estimate of drug-likeness (QED) is 0.443. The molecule has 1 aliphatic heterocycles. The van der Waals surface area contributed by atoms with E-state index >= 15 is 0 Å². The summed E-state index contributed by atoms with van der Waals surface area (Å²) in [7, 11) is 0. The first-order valence-electron chi connectivity index (χ1n) is 8.98. The second-order valence-electron chi connectivity index (χ2n) is 6.86. The maximum atomic E-state index is 13.4. The molecule has 1 saturated heterocycles. The van der Waals surface area contributed by atoms with Crippen molar-refractivity contribution in [2.45, 2.75) is 43.3 Å². The SMILES string of the molecule is C=Cc1ccc(Cc2c(OC3O[C@H](C(=O)O)[C@@H](O)[C@H](O)[C@H]3O)n[nH]c2C(F)(F)F)cc1. The third-order valence-electron chi connectivity index (χ3n) is 4.75. The molecule has 168 valence electrons. The van der Waals surface area contributed by atoms with Crippen molar-refractivity contribution in [2.75, 3.05) is 0 Å². The smallest absolute Gasteiger partial charge is 0.433 e. The summed E-state index contributed by atoms with van der Waals surface area (Å²) in [6.07, 6.45) is -13.3. The second kappa shape index (κ2) is 8.67. The molecule has 0 spiro atoms. The Labute approximate surface area is 173 Å². The number of carbonyl (C=O) groups is 1. The van der Waals surface area contributed by atoms with Crippen LogP contribution in [0, 0.1) is 0 Å². The number of aromatic nitrogens is 2. The van der Waals surface area contributed by atoms with E-state index in [-0.39, 0.29) is 6.42 Å². The van der Waals surface area contributed by atoms with Crippen molar-refractivity contribution in [1.29, 1.82) is 0 Å². The van der Waals surface area contributed by atoms with Gasteiger partial charge in [-0.2, -0.15) is 13.2 Å². The Bertz CT molecular complexity index is 945. The molecule has 3 rings (SSSR count). The highest BCUT2D eigenvalue weighted by Crippen LogP contribution is 2.36. The molecule has 0 aliphatic carbocycles. The van der Waals surface area contributed by atoms with E-state index in [4.69, 9.17) is 14.6 Å². The van der Waals surface area contributed by atoms with Crippen LogP contribution in [0.1, 0.15) is 22.4 Å². The molecule has 2 heterocycles. The van der Waals surface area contributed by atoms with Crippen LogP contribution in [0.4, 0.5) is 13.2 Å². The number of aliphatic hydroxyl groups excluding tert-OH is 3.